The van der Waals surface area contributed by atoms with Crippen LogP contribution in [-0.2, 0) is 0 Å². The SMILES string of the molecule is C[C@H]1CN(c2ccc(OCCCN3CCCCC3)cc2)CCN1C(=O)c1ccc(C(=O)N2CCCC2)cc1. The van der Waals surface area contributed by atoms with E-state index in [1.807, 2.05) is 9.80 Å². The Morgan fingerprint density at radius 2 is 1.39 bits per heavy atom. The smallest absolute Gasteiger partial charge is 0.254 e. The van der Waals surface area contributed by atoms with Gasteiger partial charge in [-0.2, -0.15) is 0 Å². The highest BCUT2D eigenvalue weighted by atomic mass is 16.5. The zero-order valence-corrected chi connectivity index (χ0v) is 22.8. The van der Waals surface area contributed by atoms with Crippen LogP contribution in [0.5, 0.6) is 5.75 Å². The van der Waals surface area contributed by atoms with Crippen molar-refractivity contribution < 1.29 is 14.3 Å². The standard InChI is InChI=1S/C31H42N4O3/c1-25-24-34(28-12-14-29(15-13-28)38-23-7-18-32-16-3-2-4-17-32)21-22-35(25)31(37)27-10-8-26(9-11-27)30(36)33-19-5-6-20-33/h8-15,25H,2-7,16-24H2,1H3/t25-/m0/s1. The van der Waals surface area contributed by atoms with Gasteiger partial charge in [-0.3, -0.25) is 9.59 Å². The van der Waals surface area contributed by atoms with Crippen molar-refractivity contribution in [3.05, 3.63) is 59.7 Å². The second-order valence-electron chi connectivity index (χ2n) is 11.0. The minimum absolute atomic E-state index is 0.0330. The van der Waals surface area contributed by atoms with Gasteiger partial charge in [-0.05, 0) is 101 Å². The maximum absolute atomic E-state index is 13.3. The number of hydrogen-bond donors (Lipinski definition) is 0. The molecule has 1 atom stereocenters. The number of amides is 2. The van der Waals surface area contributed by atoms with E-state index in [0.717, 1.165) is 70.0 Å². The van der Waals surface area contributed by atoms with Gasteiger partial charge in [-0.25, -0.2) is 0 Å². The quantitative estimate of drug-likeness (QED) is 0.481. The third-order valence-corrected chi connectivity index (χ3v) is 8.20. The van der Waals surface area contributed by atoms with Crippen LogP contribution in [0.25, 0.3) is 0 Å². The predicted molar refractivity (Wildman–Crippen MR) is 151 cm³/mol. The van der Waals surface area contributed by atoms with E-state index in [1.54, 1.807) is 24.3 Å². The predicted octanol–water partition coefficient (Wildman–Crippen LogP) is 4.53. The van der Waals surface area contributed by atoms with Gasteiger partial charge in [-0.15, -0.1) is 0 Å². The van der Waals surface area contributed by atoms with Crippen LogP contribution in [0, 0.1) is 0 Å². The first-order valence-corrected chi connectivity index (χ1v) is 14.5. The molecule has 7 nitrogen and oxygen atoms in total. The molecule has 3 heterocycles. The average Bonchev–Trinajstić information content (AvgIpc) is 3.51. The van der Waals surface area contributed by atoms with Crippen LogP contribution in [0.4, 0.5) is 5.69 Å². The maximum Gasteiger partial charge on any atom is 0.254 e. The summed E-state index contributed by atoms with van der Waals surface area (Å²) in [5.41, 5.74) is 2.47. The normalized spacial score (nSPS) is 20.6. The molecular formula is C31H42N4O3. The van der Waals surface area contributed by atoms with Crippen molar-refractivity contribution in [2.75, 3.05) is 63.9 Å². The van der Waals surface area contributed by atoms with Crippen LogP contribution in [0.3, 0.4) is 0 Å². The molecule has 3 aliphatic rings. The van der Waals surface area contributed by atoms with Crippen molar-refractivity contribution in [1.29, 1.82) is 0 Å². The molecule has 0 unspecified atom stereocenters. The Balaban J connectivity index is 1.08. The summed E-state index contributed by atoms with van der Waals surface area (Å²) < 4.78 is 5.99. The number of piperazine rings is 1. The summed E-state index contributed by atoms with van der Waals surface area (Å²) in [4.78, 5) is 34.6. The molecule has 0 aromatic heterocycles. The van der Waals surface area contributed by atoms with Crippen molar-refractivity contribution in [2.24, 2.45) is 0 Å². The summed E-state index contributed by atoms with van der Waals surface area (Å²) in [5, 5.41) is 0. The van der Waals surface area contributed by atoms with Crippen molar-refractivity contribution >= 4 is 17.5 Å². The molecule has 2 aromatic carbocycles. The van der Waals surface area contributed by atoms with Crippen LogP contribution in [0.15, 0.2) is 48.5 Å². The number of piperidine rings is 1. The second-order valence-corrected chi connectivity index (χ2v) is 11.0. The highest BCUT2D eigenvalue weighted by molar-refractivity contribution is 5.98. The van der Waals surface area contributed by atoms with Gasteiger partial charge in [0.05, 0.1) is 6.61 Å². The van der Waals surface area contributed by atoms with Gasteiger partial charge >= 0.3 is 0 Å². The van der Waals surface area contributed by atoms with E-state index in [4.69, 9.17) is 4.74 Å². The monoisotopic (exact) mass is 518 g/mol. The summed E-state index contributed by atoms with van der Waals surface area (Å²) in [6.07, 6.45) is 7.24. The molecule has 2 amide bonds. The summed E-state index contributed by atoms with van der Waals surface area (Å²) in [7, 11) is 0. The largest absolute Gasteiger partial charge is 0.494 e. The molecular weight excluding hydrogens is 476 g/mol. The molecule has 38 heavy (non-hydrogen) atoms. The van der Waals surface area contributed by atoms with Gasteiger partial charge in [-0.1, -0.05) is 6.42 Å². The number of rotatable bonds is 8. The molecule has 5 rings (SSSR count). The number of carbonyl (C=O) groups excluding carboxylic acids is 2. The molecule has 0 bridgehead atoms. The lowest BCUT2D eigenvalue weighted by Crippen LogP contribution is -2.54. The highest BCUT2D eigenvalue weighted by Gasteiger charge is 2.28. The van der Waals surface area contributed by atoms with E-state index in [1.165, 1.54) is 32.4 Å². The van der Waals surface area contributed by atoms with Gasteiger partial charge in [0.2, 0.25) is 0 Å². The fraction of sp³-hybridized carbons (Fsp3) is 0.548. The molecule has 0 N–H and O–H groups in total. The molecule has 2 aromatic rings. The van der Waals surface area contributed by atoms with E-state index >= 15 is 0 Å². The molecule has 0 spiro atoms. The number of ether oxygens (including phenoxy) is 1. The fourth-order valence-electron chi connectivity index (χ4n) is 5.93. The molecule has 0 radical (unpaired) electrons. The van der Waals surface area contributed by atoms with Crippen molar-refractivity contribution in [3.63, 3.8) is 0 Å². The zero-order valence-electron chi connectivity index (χ0n) is 22.8. The number of hydrogen-bond acceptors (Lipinski definition) is 5. The Kier molecular flexibility index (Phi) is 8.84. The summed E-state index contributed by atoms with van der Waals surface area (Å²) in [5.74, 6) is 1.02. The Labute approximate surface area is 227 Å². The van der Waals surface area contributed by atoms with Crippen LogP contribution in [-0.4, -0.2) is 91.5 Å². The Morgan fingerprint density at radius 3 is 2.05 bits per heavy atom. The molecule has 0 aliphatic carbocycles. The first-order valence-electron chi connectivity index (χ1n) is 14.5. The molecule has 7 heteroatoms. The number of nitrogens with zero attached hydrogens (tertiary/aromatic N) is 4. The van der Waals surface area contributed by atoms with E-state index in [-0.39, 0.29) is 17.9 Å². The lowest BCUT2D eigenvalue weighted by molar-refractivity contribution is 0.0673. The van der Waals surface area contributed by atoms with E-state index in [0.29, 0.717) is 17.7 Å². The van der Waals surface area contributed by atoms with Gasteiger partial charge in [0.15, 0.2) is 0 Å². The molecule has 3 aliphatic heterocycles. The summed E-state index contributed by atoms with van der Waals surface area (Å²) >= 11 is 0. The first kappa shape index (κ1) is 26.5. The van der Waals surface area contributed by atoms with Crippen molar-refractivity contribution in [1.82, 2.24) is 14.7 Å². The van der Waals surface area contributed by atoms with Crippen molar-refractivity contribution in [3.8, 4) is 5.75 Å². The number of benzene rings is 2. The van der Waals surface area contributed by atoms with E-state index < -0.39 is 0 Å². The van der Waals surface area contributed by atoms with Gasteiger partial charge < -0.3 is 24.3 Å². The number of carbonyl (C=O) groups is 2. The minimum Gasteiger partial charge on any atom is -0.494 e. The first-order chi connectivity index (χ1) is 18.6. The minimum atomic E-state index is 0.0330. The molecule has 3 saturated heterocycles. The van der Waals surface area contributed by atoms with Gasteiger partial charge in [0.1, 0.15) is 5.75 Å². The fourth-order valence-corrected chi connectivity index (χ4v) is 5.93. The van der Waals surface area contributed by atoms with E-state index in [2.05, 4.69) is 41.0 Å². The molecule has 0 saturated carbocycles. The number of likely N-dealkylation sites (tertiary alicyclic amines) is 2. The van der Waals surface area contributed by atoms with Crippen LogP contribution in [0.2, 0.25) is 0 Å². The zero-order chi connectivity index (χ0) is 26.3. The molecule has 3 fully saturated rings. The van der Waals surface area contributed by atoms with Crippen LogP contribution >= 0.6 is 0 Å². The lowest BCUT2D eigenvalue weighted by Gasteiger charge is -2.41. The Bertz CT molecular complexity index is 1060. The summed E-state index contributed by atoms with van der Waals surface area (Å²) in [6.45, 7) is 10.4. The van der Waals surface area contributed by atoms with E-state index in [9.17, 15) is 9.59 Å². The third kappa shape index (κ3) is 6.49. The van der Waals surface area contributed by atoms with Gasteiger partial charge in [0, 0.05) is 62.1 Å². The molecule has 204 valence electrons. The maximum atomic E-state index is 13.3. The Hall–Kier alpha value is -3.06. The van der Waals surface area contributed by atoms with Crippen LogP contribution in [0.1, 0.15) is 66.2 Å². The van der Waals surface area contributed by atoms with Crippen LogP contribution < -0.4 is 9.64 Å². The van der Waals surface area contributed by atoms with Gasteiger partial charge in [0.25, 0.3) is 11.8 Å². The number of anilines is 1. The topological polar surface area (TPSA) is 56.3 Å². The highest BCUT2D eigenvalue weighted by Crippen LogP contribution is 2.24. The Morgan fingerprint density at radius 1 is 0.763 bits per heavy atom. The lowest BCUT2D eigenvalue weighted by atomic mass is 10.1. The van der Waals surface area contributed by atoms with Crippen molar-refractivity contribution in [2.45, 2.75) is 51.5 Å². The second kappa shape index (κ2) is 12.7. The average molecular weight is 519 g/mol. The summed E-state index contributed by atoms with van der Waals surface area (Å²) in [6, 6.07) is 15.7. The third-order valence-electron chi connectivity index (χ3n) is 8.20.